The van der Waals surface area contributed by atoms with E-state index in [-0.39, 0.29) is 5.82 Å². The molecule has 1 saturated carbocycles. The van der Waals surface area contributed by atoms with Crippen LogP contribution in [0.25, 0.3) is 0 Å². The lowest BCUT2D eigenvalue weighted by Gasteiger charge is -2.38. The second-order valence-corrected chi connectivity index (χ2v) is 5.72. The van der Waals surface area contributed by atoms with E-state index in [2.05, 4.69) is 36.5 Å². The van der Waals surface area contributed by atoms with Crippen LogP contribution in [-0.4, -0.2) is 6.04 Å². The molecule has 0 aromatic heterocycles. The summed E-state index contributed by atoms with van der Waals surface area (Å²) in [6, 6.07) is 18.4. The molecule has 0 aliphatic heterocycles. The number of hydrogen-bond acceptors (Lipinski definition) is 1. The van der Waals surface area contributed by atoms with Gasteiger partial charge >= 0.3 is 0 Å². The largest absolute Gasteiger partial charge is 0.307 e. The second kappa shape index (κ2) is 5.76. The van der Waals surface area contributed by atoms with Crippen molar-refractivity contribution >= 4 is 0 Å². The molecule has 20 heavy (non-hydrogen) atoms. The Morgan fingerprint density at radius 3 is 2.30 bits per heavy atom. The Morgan fingerprint density at radius 1 is 1.00 bits per heavy atom. The molecule has 0 bridgehead atoms. The minimum absolute atomic E-state index is 0.152. The molecule has 2 heteroatoms. The van der Waals surface area contributed by atoms with Crippen LogP contribution in [-0.2, 0) is 0 Å². The summed E-state index contributed by atoms with van der Waals surface area (Å²) in [5.41, 5.74) is 2.59. The molecule has 104 valence electrons. The fourth-order valence-electron chi connectivity index (χ4n) is 2.95. The molecule has 3 rings (SSSR count). The lowest BCUT2D eigenvalue weighted by atomic mass is 9.75. The molecular weight excluding hydrogens is 249 g/mol. The molecular formula is C18H20FN. The summed E-state index contributed by atoms with van der Waals surface area (Å²) in [5.74, 6) is 0.427. The van der Waals surface area contributed by atoms with Crippen molar-refractivity contribution in [3.63, 3.8) is 0 Å². The van der Waals surface area contributed by atoms with Gasteiger partial charge in [0.2, 0.25) is 0 Å². The minimum atomic E-state index is -0.152. The van der Waals surface area contributed by atoms with E-state index in [1.165, 1.54) is 11.1 Å². The van der Waals surface area contributed by atoms with E-state index in [9.17, 15) is 4.39 Å². The maximum absolute atomic E-state index is 12.9. The van der Waals surface area contributed by atoms with Gasteiger partial charge in [-0.15, -0.1) is 0 Å². The average molecular weight is 269 g/mol. The fraction of sp³-hybridized carbons (Fsp3) is 0.333. The van der Waals surface area contributed by atoms with Gasteiger partial charge in [-0.2, -0.15) is 0 Å². The number of benzene rings is 2. The van der Waals surface area contributed by atoms with E-state index in [1.54, 1.807) is 12.1 Å². The summed E-state index contributed by atoms with van der Waals surface area (Å²) in [4.78, 5) is 0. The molecule has 1 atom stereocenters. The first-order valence-electron chi connectivity index (χ1n) is 7.29. The molecule has 1 fully saturated rings. The molecule has 1 nitrogen and oxygen atoms in total. The number of hydrogen-bond donors (Lipinski definition) is 1. The van der Waals surface area contributed by atoms with Crippen LogP contribution in [0.15, 0.2) is 54.6 Å². The highest BCUT2D eigenvalue weighted by Gasteiger charge is 2.30. The SMILES string of the molecule is C[C@H](NC1CC(c2ccc(F)cc2)C1)c1ccccc1. The van der Waals surface area contributed by atoms with Crippen molar-refractivity contribution in [3.05, 3.63) is 71.5 Å². The van der Waals surface area contributed by atoms with E-state index < -0.39 is 0 Å². The molecule has 1 aliphatic rings. The van der Waals surface area contributed by atoms with Crippen LogP contribution in [0.2, 0.25) is 0 Å². The van der Waals surface area contributed by atoms with Gasteiger partial charge in [-0.25, -0.2) is 4.39 Å². The van der Waals surface area contributed by atoms with Crippen molar-refractivity contribution in [1.82, 2.24) is 5.32 Å². The van der Waals surface area contributed by atoms with E-state index >= 15 is 0 Å². The molecule has 0 unspecified atom stereocenters. The quantitative estimate of drug-likeness (QED) is 0.866. The molecule has 0 amide bonds. The van der Waals surface area contributed by atoms with Gasteiger partial charge in [0.15, 0.2) is 0 Å². The maximum atomic E-state index is 12.9. The smallest absolute Gasteiger partial charge is 0.123 e. The zero-order chi connectivity index (χ0) is 13.9. The van der Waals surface area contributed by atoms with E-state index in [0.29, 0.717) is 18.0 Å². The van der Waals surface area contributed by atoms with Gasteiger partial charge in [0.05, 0.1) is 0 Å². The average Bonchev–Trinajstić information content (AvgIpc) is 2.44. The van der Waals surface area contributed by atoms with Gasteiger partial charge in [-0.05, 0) is 48.9 Å². The van der Waals surface area contributed by atoms with Crippen LogP contribution in [0.1, 0.15) is 42.9 Å². The molecule has 0 spiro atoms. The lowest BCUT2D eigenvalue weighted by Crippen LogP contribution is -2.41. The first-order valence-corrected chi connectivity index (χ1v) is 7.29. The summed E-state index contributed by atoms with van der Waals surface area (Å²) in [7, 11) is 0. The number of rotatable bonds is 4. The highest BCUT2D eigenvalue weighted by Crippen LogP contribution is 2.37. The Hall–Kier alpha value is -1.67. The van der Waals surface area contributed by atoms with E-state index in [1.807, 2.05) is 18.2 Å². The molecule has 1 aliphatic carbocycles. The highest BCUT2D eigenvalue weighted by molar-refractivity contribution is 5.24. The van der Waals surface area contributed by atoms with Crippen molar-refractivity contribution in [3.8, 4) is 0 Å². The number of halogens is 1. The Bertz CT molecular complexity index is 543. The topological polar surface area (TPSA) is 12.0 Å². The highest BCUT2D eigenvalue weighted by atomic mass is 19.1. The molecule has 0 radical (unpaired) electrons. The molecule has 0 saturated heterocycles. The van der Waals surface area contributed by atoms with Crippen LogP contribution < -0.4 is 5.32 Å². The predicted molar refractivity (Wildman–Crippen MR) is 80.2 cm³/mol. The maximum Gasteiger partial charge on any atom is 0.123 e. The fourth-order valence-corrected chi connectivity index (χ4v) is 2.95. The van der Waals surface area contributed by atoms with Gasteiger partial charge in [0.1, 0.15) is 5.82 Å². The first-order chi connectivity index (χ1) is 9.72. The third-order valence-electron chi connectivity index (χ3n) is 4.26. The van der Waals surface area contributed by atoms with Crippen molar-refractivity contribution in [2.75, 3.05) is 0 Å². The van der Waals surface area contributed by atoms with Gasteiger partial charge in [0, 0.05) is 12.1 Å². The summed E-state index contributed by atoms with van der Waals surface area (Å²) < 4.78 is 12.9. The minimum Gasteiger partial charge on any atom is -0.307 e. The van der Waals surface area contributed by atoms with Crippen LogP contribution >= 0.6 is 0 Å². The third-order valence-corrected chi connectivity index (χ3v) is 4.26. The summed E-state index contributed by atoms with van der Waals surface area (Å²) >= 11 is 0. The summed E-state index contributed by atoms with van der Waals surface area (Å²) in [6.45, 7) is 2.21. The second-order valence-electron chi connectivity index (χ2n) is 5.72. The summed E-state index contributed by atoms with van der Waals surface area (Å²) in [5, 5.41) is 3.67. The van der Waals surface area contributed by atoms with E-state index in [0.717, 1.165) is 12.8 Å². The van der Waals surface area contributed by atoms with Crippen molar-refractivity contribution in [1.29, 1.82) is 0 Å². The Labute approximate surface area is 119 Å². The van der Waals surface area contributed by atoms with Crippen LogP contribution in [0, 0.1) is 5.82 Å². The van der Waals surface area contributed by atoms with Gasteiger partial charge in [-0.3, -0.25) is 0 Å². The lowest BCUT2D eigenvalue weighted by molar-refractivity contribution is 0.271. The van der Waals surface area contributed by atoms with Gasteiger partial charge in [-0.1, -0.05) is 42.5 Å². The van der Waals surface area contributed by atoms with Crippen molar-refractivity contribution < 1.29 is 4.39 Å². The molecule has 1 N–H and O–H groups in total. The van der Waals surface area contributed by atoms with Gasteiger partial charge in [0.25, 0.3) is 0 Å². The Balaban J connectivity index is 1.52. The van der Waals surface area contributed by atoms with Crippen LogP contribution in [0.4, 0.5) is 4.39 Å². The van der Waals surface area contributed by atoms with Gasteiger partial charge < -0.3 is 5.32 Å². The zero-order valence-electron chi connectivity index (χ0n) is 11.7. The number of nitrogens with one attached hydrogen (secondary N) is 1. The van der Waals surface area contributed by atoms with Crippen LogP contribution in [0.3, 0.4) is 0 Å². The van der Waals surface area contributed by atoms with Crippen molar-refractivity contribution in [2.24, 2.45) is 0 Å². The van der Waals surface area contributed by atoms with Crippen LogP contribution in [0.5, 0.6) is 0 Å². The van der Waals surface area contributed by atoms with Crippen molar-refractivity contribution in [2.45, 2.75) is 37.8 Å². The molecule has 2 aromatic rings. The summed E-state index contributed by atoms with van der Waals surface area (Å²) in [6.07, 6.45) is 2.28. The first kappa shape index (κ1) is 13.3. The Kier molecular flexibility index (Phi) is 3.83. The molecule has 0 heterocycles. The monoisotopic (exact) mass is 269 g/mol. The predicted octanol–water partition coefficient (Wildman–Crippen LogP) is 4.42. The standard InChI is InChI=1S/C18H20FN/c1-13(14-5-3-2-4-6-14)20-18-11-16(12-18)15-7-9-17(19)10-8-15/h2-10,13,16,18,20H,11-12H2,1H3/t13-,16?,18?/m0/s1. The Morgan fingerprint density at radius 2 is 1.65 bits per heavy atom. The van der Waals surface area contributed by atoms with E-state index in [4.69, 9.17) is 0 Å². The molecule has 2 aromatic carbocycles. The third kappa shape index (κ3) is 2.91. The zero-order valence-corrected chi connectivity index (χ0v) is 11.7. The normalized spacial score (nSPS) is 23.1.